The molecular weight excluding hydrogens is 320 g/mol. The van der Waals surface area contributed by atoms with Crippen LogP contribution < -0.4 is 4.72 Å². The van der Waals surface area contributed by atoms with Crippen molar-refractivity contribution in [2.24, 2.45) is 0 Å². The molecule has 3 aromatic rings. The minimum absolute atomic E-state index is 0.296. The summed E-state index contributed by atoms with van der Waals surface area (Å²) in [5, 5.41) is 9.75. The maximum Gasteiger partial charge on any atom is 0.240 e. The minimum atomic E-state index is -3.47. The lowest BCUT2D eigenvalue weighted by atomic mass is 10.2. The fourth-order valence-corrected chi connectivity index (χ4v) is 4.04. The molecule has 0 radical (unpaired) electrons. The third-order valence-electron chi connectivity index (χ3n) is 3.44. The normalized spacial score (nSPS) is 12.0. The zero-order valence-corrected chi connectivity index (χ0v) is 13.7. The molecule has 0 amide bonds. The van der Waals surface area contributed by atoms with Crippen LogP contribution in [0.2, 0.25) is 0 Å². The van der Waals surface area contributed by atoms with Crippen molar-refractivity contribution in [3.63, 3.8) is 0 Å². The molecule has 0 saturated heterocycles. The van der Waals surface area contributed by atoms with Crippen LogP contribution in [-0.2, 0) is 22.9 Å². The van der Waals surface area contributed by atoms with Crippen LogP contribution in [0.3, 0.4) is 0 Å². The summed E-state index contributed by atoms with van der Waals surface area (Å²) in [6.45, 7) is 2.37. The number of thiazole rings is 1. The number of hydrogen-bond donors (Lipinski definition) is 1. The molecule has 0 fully saturated rings. The van der Waals surface area contributed by atoms with E-state index < -0.39 is 10.0 Å². The summed E-state index contributed by atoms with van der Waals surface area (Å²) in [5.41, 5.74) is 2.11. The Kier molecular flexibility index (Phi) is 4.23. The number of hydrogen-bond acceptors (Lipinski definition) is 5. The molecule has 1 N–H and O–H groups in total. The summed E-state index contributed by atoms with van der Waals surface area (Å²) in [6.07, 6.45) is 3.12. The predicted molar refractivity (Wildman–Crippen MR) is 85.6 cm³/mol. The number of rotatable bonds is 6. The van der Waals surface area contributed by atoms with Crippen molar-refractivity contribution in [1.29, 1.82) is 0 Å². The third kappa shape index (κ3) is 3.03. The number of benzene rings is 1. The Balaban J connectivity index is 1.65. The van der Waals surface area contributed by atoms with Gasteiger partial charge < -0.3 is 0 Å². The van der Waals surface area contributed by atoms with Crippen LogP contribution >= 0.6 is 11.3 Å². The third-order valence-corrected chi connectivity index (χ3v) is 5.80. The summed E-state index contributed by atoms with van der Waals surface area (Å²) in [6, 6.07) is 6.97. The molecule has 1 aromatic carbocycles. The van der Waals surface area contributed by atoms with E-state index in [0.717, 1.165) is 22.6 Å². The first-order valence-electron chi connectivity index (χ1n) is 6.95. The van der Waals surface area contributed by atoms with Crippen molar-refractivity contribution in [3.05, 3.63) is 47.2 Å². The van der Waals surface area contributed by atoms with Gasteiger partial charge in [0.2, 0.25) is 15.0 Å². The molecular formula is C14H16N4O2S2. The van der Waals surface area contributed by atoms with E-state index in [9.17, 15) is 8.42 Å². The molecule has 0 atom stereocenters. The van der Waals surface area contributed by atoms with Gasteiger partial charge in [-0.3, -0.25) is 4.40 Å². The average Bonchev–Trinajstić information content (AvgIpc) is 3.12. The second kappa shape index (κ2) is 6.15. The Bertz CT molecular complexity index is 866. The molecule has 22 heavy (non-hydrogen) atoms. The lowest BCUT2D eigenvalue weighted by molar-refractivity contribution is 0.581. The second-order valence-electron chi connectivity index (χ2n) is 4.86. The second-order valence-corrected chi connectivity index (χ2v) is 7.46. The Hall–Kier alpha value is -1.77. The standard InChI is InChI=1S/C14H16N4O2S2/c1-2-11-3-5-13(6-4-11)22(19,20)16-8-7-12-9-21-14-17-15-10-18(12)14/h3-6,9-10,16H,2,7-8H2,1H3. The van der Waals surface area contributed by atoms with Crippen LogP contribution in [0.4, 0.5) is 0 Å². The average molecular weight is 336 g/mol. The lowest BCUT2D eigenvalue weighted by Crippen LogP contribution is -2.26. The highest BCUT2D eigenvalue weighted by atomic mass is 32.2. The van der Waals surface area contributed by atoms with Gasteiger partial charge in [0.15, 0.2) is 0 Å². The molecule has 8 heteroatoms. The van der Waals surface area contributed by atoms with Crippen LogP contribution in [0, 0.1) is 0 Å². The highest BCUT2D eigenvalue weighted by molar-refractivity contribution is 7.89. The van der Waals surface area contributed by atoms with Gasteiger partial charge in [-0.15, -0.1) is 21.5 Å². The van der Waals surface area contributed by atoms with Gasteiger partial charge in [-0.05, 0) is 24.1 Å². The van der Waals surface area contributed by atoms with Crippen LogP contribution in [0.5, 0.6) is 0 Å². The highest BCUT2D eigenvalue weighted by Crippen LogP contribution is 2.14. The maximum atomic E-state index is 12.2. The number of nitrogens with one attached hydrogen (secondary N) is 1. The quantitative estimate of drug-likeness (QED) is 0.745. The van der Waals surface area contributed by atoms with E-state index >= 15 is 0 Å². The van der Waals surface area contributed by atoms with E-state index in [1.54, 1.807) is 18.5 Å². The molecule has 0 aliphatic carbocycles. The number of nitrogens with zero attached hydrogens (tertiary/aromatic N) is 3. The van der Waals surface area contributed by atoms with Gasteiger partial charge >= 0.3 is 0 Å². The number of aryl methyl sites for hydroxylation is 1. The summed E-state index contributed by atoms with van der Waals surface area (Å²) >= 11 is 1.49. The Morgan fingerprint density at radius 1 is 1.27 bits per heavy atom. The van der Waals surface area contributed by atoms with E-state index in [2.05, 4.69) is 14.9 Å². The largest absolute Gasteiger partial charge is 0.276 e. The number of aromatic nitrogens is 3. The molecule has 2 heterocycles. The topological polar surface area (TPSA) is 76.4 Å². The van der Waals surface area contributed by atoms with E-state index in [0.29, 0.717) is 17.9 Å². The van der Waals surface area contributed by atoms with Crippen molar-refractivity contribution < 1.29 is 8.42 Å². The fraction of sp³-hybridized carbons (Fsp3) is 0.286. The molecule has 6 nitrogen and oxygen atoms in total. The van der Waals surface area contributed by atoms with Gasteiger partial charge in [0.25, 0.3) is 0 Å². The Labute approximate surface area is 132 Å². The SMILES string of the molecule is CCc1ccc(S(=O)(=O)NCCc2csc3nncn23)cc1. The van der Waals surface area contributed by atoms with Gasteiger partial charge in [0.1, 0.15) is 6.33 Å². The minimum Gasteiger partial charge on any atom is -0.276 e. The van der Waals surface area contributed by atoms with Gasteiger partial charge in [-0.25, -0.2) is 13.1 Å². The lowest BCUT2D eigenvalue weighted by Gasteiger charge is -2.07. The van der Waals surface area contributed by atoms with Crippen molar-refractivity contribution in [2.75, 3.05) is 6.54 Å². The van der Waals surface area contributed by atoms with E-state index in [1.807, 2.05) is 28.8 Å². The first-order chi connectivity index (χ1) is 10.6. The monoisotopic (exact) mass is 336 g/mol. The van der Waals surface area contributed by atoms with Crippen molar-refractivity contribution in [2.45, 2.75) is 24.7 Å². The highest BCUT2D eigenvalue weighted by Gasteiger charge is 2.13. The van der Waals surface area contributed by atoms with Gasteiger partial charge in [0, 0.05) is 24.0 Å². The van der Waals surface area contributed by atoms with Crippen LogP contribution in [0.25, 0.3) is 4.96 Å². The molecule has 2 aromatic heterocycles. The summed E-state index contributed by atoms with van der Waals surface area (Å²) in [7, 11) is -3.47. The van der Waals surface area contributed by atoms with E-state index in [1.165, 1.54) is 11.3 Å². The fourth-order valence-electron chi connectivity index (χ4n) is 2.16. The first-order valence-corrected chi connectivity index (χ1v) is 9.31. The molecule has 3 rings (SSSR count). The first kappa shape index (κ1) is 15.1. The zero-order chi connectivity index (χ0) is 15.6. The van der Waals surface area contributed by atoms with Crippen molar-refractivity contribution in [3.8, 4) is 0 Å². The molecule has 0 aliphatic heterocycles. The van der Waals surface area contributed by atoms with Crippen molar-refractivity contribution in [1.82, 2.24) is 19.3 Å². The van der Waals surface area contributed by atoms with Crippen LogP contribution in [0.15, 0.2) is 40.9 Å². The summed E-state index contributed by atoms with van der Waals surface area (Å²) in [4.78, 5) is 1.11. The molecule has 0 spiro atoms. The zero-order valence-electron chi connectivity index (χ0n) is 12.1. The van der Waals surface area contributed by atoms with Crippen LogP contribution in [0.1, 0.15) is 18.2 Å². The predicted octanol–water partition coefficient (Wildman–Crippen LogP) is 1.87. The summed E-state index contributed by atoms with van der Waals surface area (Å²) < 4.78 is 29.0. The molecule has 0 saturated carbocycles. The molecule has 0 bridgehead atoms. The molecule has 0 aliphatic rings. The Morgan fingerprint density at radius 3 is 2.77 bits per heavy atom. The molecule has 116 valence electrons. The smallest absolute Gasteiger partial charge is 0.240 e. The Morgan fingerprint density at radius 2 is 2.05 bits per heavy atom. The van der Waals surface area contributed by atoms with E-state index in [-0.39, 0.29) is 0 Å². The van der Waals surface area contributed by atoms with Gasteiger partial charge in [-0.2, -0.15) is 0 Å². The van der Waals surface area contributed by atoms with Gasteiger partial charge in [0.05, 0.1) is 4.90 Å². The van der Waals surface area contributed by atoms with E-state index in [4.69, 9.17) is 0 Å². The van der Waals surface area contributed by atoms with Gasteiger partial charge in [-0.1, -0.05) is 19.1 Å². The maximum absolute atomic E-state index is 12.2. The number of sulfonamides is 1. The number of fused-ring (bicyclic) bond motifs is 1. The molecule has 0 unspecified atom stereocenters. The van der Waals surface area contributed by atoms with Crippen LogP contribution in [-0.4, -0.2) is 29.6 Å². The van der Waals surface area contributed by atoms with Crippen molar-refractivity contribution >= 4 is 26.3 Å². The summed E-state index contributed by atoms with van der Waals surface area (Å²) in [5.74, 6) is 0.